The van der Waals surface area contributed by atoms with E-state index >= 15 is 0 Å². The lowest BCUT2D eigenvalue weighted by molar-refractivity contribution is 0.0730. The maximum absolute atomic E-state index is 13.0. The van der Waals surface area contributed by atoms with E-state index in [0.29, 0.717) is 23.6 Å². The smallest absolute Gasteiger partial charge is 0.259 e. The van der Waals surface area contributed by atoms with Crippen LogP contribution in [0.25, 0.3) is 0 Å². The van der Waals surface area contributed by atoms with E-state index in [1.54, 1.807) is 26.2 Å². The third kappa shape index (κ3) is 3.17. The van der Waals surface area contributed by atoms with Crippen LogP contribution < -0.4 is 0 Å². The summed E-state index contributed by atoms with van der Waals surface area (Å²) in [7, 11) is 3.99. The molecule has 0 saturated carbocycles. The second-order valence-corrected chi connectivity index (χ2v) is 6.53. The standard InChI is InChI=1S/C17H23N5O2/c1-11-16(12(2)24-20-11)17(23)22-7-5-6-15(22)14-9-18-8-13(19-14)10-21(3)4/h8-9,15H,5-7,10H2,1-4H3/t15-/m0/s1. The topological polar surface area (TPSA) is 75.4 Å². The van der Waals surface area contributed by atoms with Gasteiger partial charge in [0, 0.05) is 19.3 Å². The van der Waals surface area contributed by atoms with E-state index in [2.05, 4.69) is 15.0 Å². The predicted molar refractivity (Wildman–Crippen MR) is 88.4 cm³/mol. The zero-order chi connectivity index (χ0) is 17.3. The molecule has 0 aliphatic carbocycles. The molecule has 1 saturated heterocycles. The van der Waals surface area contributed by atoms with Crippen molar-refractivity contribution in [2.24, 2.45) is 0 Å². The highest BCUT2D eigenvalue weighted by molar-refractivity contribution is 5.96. The van der Waals surface area contributed by atoms with Crippen molar-refractivity contribution in [3.63, 3.8) is 0 Å². The van der Waals surface area contributed by atoms with Crippen molar-refractivity contribution in [3.8, 4) is 0 Å². The Balaban J connectivity index is 1.87. The Morgan fingerprint density at radius 1 is 1.38 bits per heavy atom. The highest BCUT2D eigenvalue weighted by Crippen LogP contribution is 2.33. The molecule has 0 aromatic carbocycles. The van der Waals surface area contributed by atoms with Gasteiger partial charge < -0.3 is 14.3 Å². The summed E-state index contributed by atoms with van der Waals surface area (Å²) >= 11 is 0. The number of hydrogen-bond acceptors (Lipinski definition) is 6. The number of nitrogens with zero attached hydrogens (tertiary/aromatic N) is 5. The van der Waals surface area contributed by atoms with Gasteiger partial charge in [-0.25, -0.2) is 0 Å². The van der Waals surface area contributed by atoms with Crippen molar-refractivity contribution in [2.45, 2.75) is 39.3 Å². The molecule has 0 spiro atoms. The molecule has 3 heterocycles. The zero-order valence-corrected chi connectivity index (χ0v) is 14.6. The number of rotatable bonds is 4. The van der Waals surface area contributed by atoms with Crippen LogP contribution in [0.5, 0.6) is 0 Å². The molecule has 1 fully saturated rings. The molecule has 1 aliphatic heterocycles. The van der Waals surface area contributed by atoms with Gasteiger partial charge in [0.2, 0.25) is 0 Å². The first-order chi connectivity index (χ1) is 11.5. The molecule has 2 aromatic rings. The number of aryl methyl sites for hydroxylation is 2. The van der Waals surface area contributed by atoms with Gasteiger partial charge in [-0.1, -0.05) is 5.16 Å². The van der Waals surface area contributed by atoms with E-state index in [1.165, 1.54) is 0 Å². The molecule has 1 aliphatic rings. The van der Waals surface area contributed by atoms with Crippen LogP contribution in [-0.2, 0) is 6.54 Å². The Morgan fingerprint density at radius 3 is 2.83 bits per heavy atom. The molecular formula is C17H23N5O2. The van der Waals surface area contributed by atoms with E-state index < -0.39 is 0 Å². The van der Waals surface area contributed by atoms with Gasteiger partial charge in [0.15, 0.2) is 0 Å². The first-order valence-corrected chi connectivity index (χ1v) is 8.16. The number of amides is 1. The average molecular weight is 329 g/mol. The summed E-state index contributed by atoms with van der Waals surface area (Å²) < 4.78 is 5.15. The lowest BCUT2D eigenvalue weighted by Gasteiger charge is -2.24. The van der Waals surface area contributed by atoms with Gasteiger partial charge in [-0.3, -0.25) is 14.8 Å². The van der Waals surface area contributed by atoms with Gasteiger partial charge in [-0.15, -0.1) is 0 Å². The van der Waals surface area contributed by atoms with E-state index in [4.69, 9.17) is 9.51 Å². The van der Waals surface area contributed by atoms with Gasteiger partial charge in [0.25, 0.3) is 5.91 Å². The van der Waals surface area contributed by atoms with Gasteiger partial charge >= 0.3 is 0 Å². The molecule has 0 bridgehead atoms. The van der Waals surface area contributed by atoms with E-state index in [0.717, 1.165) is 30.8 Å². The fraction of sp³-hybridized carbons (Fsp3) is 0.529. The Hall–Kier alpha value is -2.28. The number of likely N-dealkylation sites (tertiary alicyclic amines) is 1. The van der Waals surface area contributed by atoms with Crippen molar-refractivity contribution in [1.29, 1.82) is 0 Å². The highest BCUT2D eigenvalue weighted by atomic mass is 16.5. The van der Waals surface area contributed by atoms with E-state index in [9.17, 15) is 4.79 Å². The van der Waals surface area contributed by atoms with Crippen LogP contribution in [0.1, 0.15) is 52.1 Å². The summed E-state index contributed by atoms with van der Waals surface area (Å²) in [6.45, 7) is 5.01. The molecule has 7 nitrogen and oxygen atoms in total. The van der Waals surface area contributed by atoms with Gasteiger partial charge in [-0.2, -0.15) is 0 Å². The van der Waals surface area contributed by atoms with Gasteiger partial charge in [0.05, 0.1) is 29.3 Å². The fourth-order valence-corrected chi connectivity index (χ4v) is 3.23. The van der Waals surface area contributed by atoms with Crippen LogP contribution in [0, 0.1) is 13.8 Å². The van der Waals surface area contributed by atoms with E-state index in [1.807, 2.05) is 19.0 Å². The van der Waals surface area contributed by atoms with Crippen LogP contribution >= 0.6 is 0 Å². The maximum atomic E-state index is 13.0. The summed E-state index contributed by atoms with van der Waals surface area (Å²) in [5.74, 6) is 0.532. The Bertz CT molecular complexity index is 721. The van der Waals surface area contributed by atoms with E-state index in [-0.39, 0.29) is 11.9 Å². The molecule has 1 amide bonds. The first kappa shape index (κ1) is 16.6. The first-order valence-electron chi connectivity index (χ1n) is 8.16. The van der Waals surface area contributed by atoms with Crippen LogP contribution in [-0.4, -0.2) is 51.5 Å². The lowest BCUT2D eigenvalue weighted by Crippen LogP contribution is -2.32. The Kier molecular flexibility index (Phi) is 4.62. The minimum absolute atomic E-state index is 0.0337. The second-order valence-electron chi connectivity index (χ2n) is 6.53. The molecule has 0 N–H and O–H groups in total. The van der Waals surface area contributed by atoms with Crippen LogP contribution in [0.2, 0.25) is 0 Å². The van der Waals surface area contributed by atoms with Crippen molar-refractivity contribution in [1.82, 2.24) is 24.9 Å². The highest BCUT2D eigenvalue weighted by Gasteiger charge is 2.34. The quantitative estimate of drug-likeness (QED) is 0.855. The maximum Gasteiger partial charge on any atom is 0.259 e. The molecule has 128 valence electrons. The molecule has 3 rings (SSSR count). The molecule has 2 aromatic heterocycles. The van der Waals surface area contributed by atoms with Gasteiger partial charge in [-0.05, 0) is 40.8 Å². The molecule has 7 heteroatoms. The number of hydrogen-bond donors (Lipinski definition) is 0. The minimum Gasteiger partial charge on any atom is -0.361 e. The monoisotopic (exact) mass is 329 g/mol. The van der Waals surface area contributed by atoms with Gasteiger partial charge in [0.1, 0.15) is 11.3 Å². The summed E-state index contributed by atoms with van der Waals surface area (Å²) in [5, 5.41) is 3.90. The van der Waals surface area contributed by atoms with Crippen LogP contribution in [0.4, 0.5) is 0 Å². The SMILES string of the molecule is Cc1noc(C)c1C(=O)N1CCC[C@H]1c1cncc(CN(C)C)n1. The zero-order valence-electron chi connectivity index (χ0n) is 14.6. The minimum atomic E-state index is -0.0409. The predicted octanol–water partition coefficient (Wildman–Crippen LogP) is 2.12. The Morgan fingerprint density at radius 2 is 2.17 bits per heavy atom. The normalized spacial score (nSPS) is 17.7. The largest absolute Gasteiger partial charge is 0.361 e. The molecule has 1 atom stereocenters. The van der Waals surface area contributed by atoms with Crippen LogP contribution in [0.15, 0.2) is 16.9 Å². The molecular weight excluding hydrogens is 306 g/mol. The summed E-state index contributed by atoms with van der Waals surface area (Å²) in [5.41, 5.74) is 2.97. The number of carbonyl (C=O) groups excluding carboxylic acids is 1. The fourth-order valence-electron chi connectivity index (χ4n) is 3.23. The lowest BCUT2D eigenvalue weighted by atomic mass is 10.1. The average Bonchev–Trinajstić information content (AvgIpc) is 3.13. The molecule has 24 heavy (non-hydrogen) atoms. The third-order valence-corrected chi connectivity index (χ3v) is 4.28. The van der Waals surface area contributed by atoms with Crippen LogP contribution in [0.3, 0.4) is 0 Å². The number of aromatic nitrogens is 3. The summed E-state index contributed by atoms with van der Waals surface area (Å²) in [6, 6.07) is -0.0409. The second kappa shape index (κ2) is 6.68. The van der Waals surface area contributed by atoms with Crippen molar-refractivity contribution >= 4 is 5.91 Å². The van der Waals surface area contributed by atoms with Crippen molar-refractivity contribution < 1.29 is 9.32 Å². The molecule has 0 unspecified atom stereocenters. The molecule has 0 radical (unpaired) electrons. The van der Waals surface area contributed by atoms with Crippen molar-refractivity contribution in [3.05, 3.63) is 40.8 Å². The van der Waals surface area contributed by atoms with Crippen molar-refractivity contribution in [2.75, 3.05) is 20.6 Å². The Labute approximate surface area is 141 Å². The summed E-state index contributed by atoms with van der Waals surface area (Å²) in [6.07, 6.45) is 5.40. The number of carbonyl (C=O) groups is 1. The third-order valence-electron chi connectivity index (χ3n) is 4.28. The summed E-state index contributed by atoms with van der Waals surface area (Å²) in [4.78, 5) is 25.9.